The topological polar surface area (TPSA) is 27.7 Å². The minimum atomic E-state index is -0.580. The molecule has 1 aliphatic rings. The van der Waals surface area contributed by atoms with Crippen molar-refractivity contribution >= 4 is 24.2 Å². The van der Waals surface area contributed by atoms with Crippen molar-refractivity contribution in [3.8, 4) is 5.75 Å². The second-order valence-corrected chi connectivity index (χ2v) is 8.05. The van der Waals surface area contributed by atoms with Gasteiger partial charge < -0.3 is 14.0 Å². The average Bonchev–Trinajstić information content (AvgIpc) is 2.77. The predicted molar refractivity (Wildman–Crippen MR) is 103 cm³/mol. The standard InChI is InChI=1S/C20H23BClFO3/c1-13-10-16(8-9-17(13)22)24-12-14-6-7-15(11-18(14)23)21-25-19(2,3)20(4,5)26-21/h6-11H,12H2,1-5H3. The summed E-state index contributed by atoms with van der Waals surface area (Å²) < 4.78 is 32.1. The van der Waals surface area contributed by atoms with Gasteiger partial charge in [0.05, 0.1) is 11.2 Å². The van der Waals surface area contributed by atoms with Crippen molar-refractivity contribution in [1.82, 2.24) is 0 Å². The molecule has 0 radical (unpaired) electrons. The van der Waals surface area contributed by atoms with Gasteiger partial charge in [-0.15, -0.1) is 0 Å². The van der Waals surface area contributed by atoms with Gasteiger partial charge in [0.2, 0.25) is 0 Å². The molecule has 1 saturated heterocycles. The van der Waals surface area contributed by atoms with E-state index in [-0.39, 0.29) is 12.4 Å². The van der Waals surface area contributed by atoms with Crippen LogP contribution in [0.3, 0.4) is 0 Å². The van der Waals surface area contributed by atoms with Crippen molar-refractivity contribution in [2.45, 2.75) is 52.4 Å². The monoisotopic (exact) mass is 376 g/mol. The van der Waals surface area contributed by atoms with Gasteiger partial charge in [-0.25, -0.2) is 4.39 Å². The first-order chi connectivity index (χ1) is 12.1. The van der Waals surface area contributed by atoms with Gasteiger partial charge in [0.1, 0.15) is 18.2 Å². The molecule has 0 aliphatic carbocycles. The van der Waals surface area contributed by atoms with Gasteiger partial charge in [0, 0.05) is 10.6 Å². The van der Waals surface area contributed by atoms with Gasteiger partial charge >= 0.3 is 7.12 Å². The lowest BCUT2D eigenvalue weighted by atomic mass is 9.79. The van der Waals surface area contributed by atoms with Crippen LogP contribution in [0.5, 0.6) is 5.75 Å². The molecule has 0 saturated carbocycles. The van der Waals surface area contributed by atoms with Crippen LogP contribution in [0.2, 0.25) is 5.02 Å². The highest BCUT2D eigenvalue weighted by atomic mass is 35.5. The number of hydrogen-bond donors (Lipinski definition) is 0. The fraction of sp³-hybridized carbons (Fsp3) is 0.400. The molecule has 0 spiro atoms. The van der Waals surface area contributed by atoms with Crippen molar-refractivity contribution in [2.24, 2.45) is 0 Å². The Morgan fingerprint density at radius 1 is 1.04 bits per heavy atom. The van der Waals surface area contributed by atoms with Gasteiger partial charge in [-0.1, -0.05) is 23.7 Å². The average molecular weight is 377 g/mol. The summed E-state index contributed by atoms with van der Waals surface area (Å²) in [5, 5.41) is 0.676. The Balaban J connectivity index is 1.71. The van der Waals surface area contributed by atoms with E-state index in [1.54, 1.807) is 18.2 Å². The molecule has 0 aromatic heterocycles. The summed E-state index contributed by atoms with van der Waals surface area (Å²) in [7, 11) is -0.580. The molecule has 6 heteroatoms. The lowest BCUT2D eigenvalue weighted by Crippen LogP contribution is -2.41. The Kier molecular flexibility index (Phi) is 5.08. The summed E-state index contributed by atoms with van der Waals surface area (Å²) >= 11 is 6.00. The van der Waals surface area contributed by atoms with E-state index in [1.165, 1.54) is 6.07 Å². The highest BCUT2D eigenvalue weighted by molar-refractivity contribution is 6.62. The molecule has 138 valence electrons. The number of aryl methyl sites for hydroxylation is 1. The first kappa shape index (κ1) is 19.2. The zero-order valence-corrected chi connectivity index (χ0v) is 16.5. The second-order valence-electron chi connectivity index (χ2n) is 7.64. The third-order valence-electron chi connectivity index (χ3n) is 5.13. The van der Waals surface area contributed by atoms with Crippen molar-refractivity contribution < 1.29 is 18.4 Å². The summed E-state index contributed by atoms with van der Waals surface area (Å²) in [6.45, 7) is 9.92. The van der Waals surface area contributed by atoms with Gasteiger partial charge in [0.15, 0.2) is 0 Å². The number of halogens is 2. The van der Waals surface area contributed by atoms with Crippen LogP contribution >= 0.6 is 11.6 Å². The highest BCUT2D eigenvalue weighted by Crippen LogP contribution is 2.36. The van der Waals surface area contributed by atoms with Crippen LogP contribution in [0.15, 0.2) is 36.4 Å². The number of benzene rings is 2. The van der Waals surface area contributed by atoms with Gasteiger partial charge in [-0.2, -0.15) is 0 Å². The Bertz CT molecular complexity index is 807. The first-order valence-corrected chi connectivity index (χ1v) is 9.00. The molecule has 1 fully saturated rings. The molecule has 0 bridgehead atoms. The quantitative estimate of drug-likeness (QED) is 0.726. The molecule has 3 rings (SSSR count). The Labute approximate surface area is 159 Å². The highest BCUT2D eigenvalue weighted by Gasteiger charge is 2.51. The van der Waals surface area contributed by atoms with Crippen LogP contribution in [0.1, 0.15) is 38.8 Å². The fourth-order valence-electron chi connectivity index (χ4n) is 2.67. The van der Waals surface area contributed by atoms with Crippen molar-refractivity contribution in [3.63, 3.8) is 0 Å². The molecule has 1 heterocycles. The largest absolute Gasteiger partial charge is 0.494 e. The molecular formula is C20H23BClFO3. The molecule has 0 atom stereocenters. The lowest BCUT2D eigenvalue weighted by molar-refractivity contribution is 0.00578. The van der Waals surface area contributed by atoms with E-state index in [4.69, 9.17) is 25.6 Å². The maximum atomic E-state index is 14.5. The summed E-state index contributed by atoms with van der Waals surface area (Å²) in [5.74, 6) is 0.309. The fourth-order valence-corrected chi connectivity index (χ4v) is 2.79. The molecule has 2 aromatic carbocycles. The van der Waals surface area contributed by atoms with Crippen LogP contribution in [-0.4, -0.2) is 18.3 Å². The smallest absolute Gasteiger partial charge is 0.489 e. The van der Waals surface area contributed by atoms with Crippen LogP contribution in [-0.2, 0) is 15.9 Å². The van der Waals surface area contributed by atoms with E-state index in [1.807, 2.05) is 46.8 Å². The van der Waals surface area contributed by atoms with Gasteiger partial charge in [-0.05, 0) is 69.9 Å². The molecular weight excluding hydrogens is 353 g/mol. The Hall–Kier alpha value is -1.56. The maximum absolute atomic E-state index is 14.5. The number of rotatable bonds is 4. The van der Waals surface area contributed by atoms with E-state index >= 15 is 0 Å². The van der Waals surface area contributed by atoms with E-state index in [9.17, 15) is 4.39 Å². The van der Waals surface area contributed by atoms with Crippen molar-refractivity contribution in [2.75, 3.05) is 0 Å². The van der Waals surface area contributed by atoms with Crippen LogP contribution in [0.4, 0.5) is 4.39 Å². The summed E-state index contributed by atoms with van der Waals surface area (Å²) in [6.07, 6.45) is 0. The summed E-state index contributed by atoms with van der Waals surface area (Å²) in [4.78, 5) is 0. The third kappa shape index (κ3) is 3.75. The van der Waals surface area contributed by atoms with Crippen LogP contribution in [0.25, 0.3) is 0 Å². The third-order valence-corrected chi connectivity index (χ3v) is 5.55. The van der Waals surface area contributed by atoms with Gasteiger partial charge in [0.25, 0.3) is 0 Å². The summed E-state index contributed by atoms with van der Waals surface area (Å²) in [6, 6.07) is 10.3. The lowest BCUT2D eigenvalue weighted by Gasteiger charge is -2.32. The zero-order valence-electron chi connectivity index (χ0n) is 15.7. The summed E-state index contributed by atoms with van der Waals surface area (Å²) in [5.41, 5.74) is 1.14. The molecule has 1 aliphatic heterocycles. The van der Waals surface area contributed by atoms with E-state index in [0.29, 0.717) is 21.8 Å². The maximum Gasteiger partial charge on any atom is 0.494 e. The SMILES string of the molecule is Cc1cc(OCc2ccc(B3OC(C)(C)C(C)(C)O3)cc2F)ccc1Cl. The van der Waals surface area contributed by atoms with Crippen molar-refractivity contribution in [3.05, 3.63) is 58.4 Å². The molecule has 0 amide bonds. The molecule has 0 unspecified atom stereocenters. The van der Waals surface area contributed by atoms with Crippen molar-refractivity contribution in [1.29, 1.82) is 0 Å². The van der Waals surface area contributed by atoms with E-state index in [2.05, 4.69) is 0 Å². The Morgan fingerprint density at radius 2 is 1.69 bits per heavy atom. The molecule has 0 N–H and O–H groups in total. The minimum absolute atomic E-state index is 0.135. The first-order valence-electron chi connectivity index (χ1n) is 8.62. The van der Waals surface area contributed by atoms with Crippen LogP contribution in [0, 0.1) is 12.7 Å². The second kappa shape index (κ2) is 6.88. The van der Waals surface area contributed by atoms with Crippen LogP contribution < -0.4 is 10.2 Å². The van der Waals surface area contributed by atoms with E-state index in [0.717, 1.165) is 5.56 Å². The Morgan fingerprint density at radius 3 is 2.27 bits per heavy atom. The van der Waals surface area contributed by atoms with Gasteiger partial charge in [-0.3, -0.25) is 0 Å². The van der Waals surface area contributed by atoms with E-state index < -0.39 is 18.3 Å². The molecule has 26 heavy (non-hydrogen) atoms. The molecule has 2 aromatic rings. The minimum Gasteiger partial charge on any atom is -0.489 e. The zero-order chi connectivity index (χ0) is 19.1. The number of hydrogen-bond acceptors (Lipinski definition) is 3. The molecule has 3 nitrogen and oxygen atoms in total. The predicted octanol–water partition coefficient (Wildman–Crippen LogP) is 4.67. The normalized spacial score (nSPS) is 18.2. The number of ether oxygens (including phenoxy) is 1.